The van der Waals surface area contributed by atoms with Crippen LogP contribution in [0.5, 0.6) is 0 Å². The van der Waals surface area contributed by atoms with Gasteiger partial charge in [0.25, 0.3) is 5.91 Å². The lowest BCUT2D eigenvalue weighted by atomic mass is 10.1. The van der Waals surface area contributed by atoms with Gasteiger partial charge in [-0.2, -0.15) is 0 Å². The summed E-state index contributed by atoms with van der Waals surface area (Å²) in [4.78, 5) is 28.7. The van der Waals surface area contributed by atoms with E-state index in [1.165, 1.54) is 4.90 Å². The number of amides is 2. The first-order chi connectivity index (χ1) is 10.1. The van der Waals surface area contributed by atoms with E-state index in [2.05, 4.69) is 4.90 Å². The molecule has 2 aliphatic heterocycles. The number of piperazine rings is 1. The van der Waals surface area contributed by atoms with Gasteiger partial charge in [-0.05, 0) is 12.1 Å². The van der Waals surface area contributed by atoms with Crippen molar-refractivity contribution in [3.8, 4) is 0 Å². The van der Waals surface area contributed by atoms with Gasteiger partial charge in [-0.15, -0.1) is 0 Å². The van der Waals surface area contributed by atoms with Gasteiger partial charge < -0.3 is 14.9 Å². The van der Waals surface area contributed by atoms with E-state index < -0.39 is 6.09 Å². The van der Waals surface area contributed by atoms with Crippen LogP contribution in [0.4, 0.5) is 4.79 Å². The molecule has 0 aromatic heterocycles. The van der Waals surface area contributed by atoms with E-state index in [4.69, 9.17) is 5.11 Å². The number of hydrogen-bond acceptors (Lipinski definition) is 3. The molecule has 112 valence electrons. The minimum atomic E-state index is -0.843. The maximum Gasteiger partial charge on any atom is 0.407 e. The predicted molar refractivity (Wildman–Crippen MR) is 77.3 cm³/mol. The third-order valence-electron chi connectivity index (χ3n) is 4.27. The van der Waals surface area contributed by atoms with Crippen molar-refractivity contribution < 1.29 is 14.7 Å². The summed E-state index contributed by atoms with van der Waals surface area (Å²) in [5.41, 5.74) is 0.728. The SMILES string of the molecule is O=C(O)N1CC(N2CCN(C(=O)c3ccccc3)CC2)C1. The van der Waals surface area contributed by atoms with Crippen LogP contribution in [0.15, 0.2) is 30.3 Å². The van der Waals surface area contributed by atoms with Gasteiger partial charge in [-0.1, -0.05) is 18.2 Å². The molecule has 6 nitrogen and oxygen atoms in total. The van der Waals surface area contributed by atoms with E-state index in [1.54, 1.807) is 0 Å². The van der Waals surface area contributed by atoms with Crippen molar-refractivity contribution in [1.82, 2.24) is 14.7 Å². The van der Waals surface area contributed by atoms with Crippen molar-refractivity contribution >= 4 is 12.0 Å². The third-order valence-corrected chi connectivity index (χ3v) is 4.27. The number of nitrogens with zero attached hydrogens (tertiary/aromatic N) is 3. The highest BCUT2D eigenvalue weighted by Crippen LogP contribution is 2.17. The molecule has 0 saturated carbocycles. The van der Waals surface area contributed by atoms with Crippen LogP contribution in [0.1, 0.15) is 10.4 Å². The van der Waals surface area contributed by atoms with Crippen LogP contribution < -0.4 is 0 Å². The summed E-state index contributed by atoms with van der Waals surface area (Å²) in [6, 6.07) is 9.64. The number of hydrogen-bond donors (Lipinski definition) is 1. The number of likely N-dealkylation sites (tertiary alicyclic amines) is 1. The van der Waals surface area contributed by atoms with Gasteiger partial charge in [0.2, 0.25) is 0 Å². The highest BCUT2D eigenvalue weighted by molar-refractivity contribution is 5.94. The number of carbonyl (C=O) groups excluding carboxylic acids is 1. The Balaban J connectivity index is 1.50. The molecule has 2 fully saturated rings. The molecule has 1 N–H and O–H groups in total. The number of carbonyl (C=O) groups is 2. The Bertz CT molecular complexity index is 520. The highest BCUT2D eigenvalue weighted by Gasteiger charge is 2.36. The Hall–Kier alpha value is -2.08. The first-order valence-electron chi connectivity index (χ1n) is 7.21. The average molecular weight is 289 g/mol. The summed E-state index contributed by atoms with van der Waals surface area (Å²) in [7, 11) is 0. The number of rotatable bonds is 2. The maximum atomic E-state index is 12.3. The van der Waals surface area contributed by atoms with E-state index in [-0.39, 0.29) is 5.91 Å². The normalized spacial score (nSPS) is 20.2. The lowest BCUT2D eigenvalue weighted by molar-refractivity contribution is 0.0116. The van der Waals surface area contributed by atoms with Gasteiger partial charge in [0, 0.05) is 50.9 Å². The van der Waals surface area contributed by atoms with Gasteiger partial charge in [0.15, 0.2) is 0 Å². The molecule has 0 bridgehead atoms. The molecule has 0 spiro atoms. The fourth-order valence-corrected chi connectivity index (χ4v) is 2.90. The summed E-state index contributed by atoms with van der Waals surface area (Å²) < 4.78 is 0. The monoisotopic (exact) mass is 289 g/mol. The Morgan fingerprint density at radius 1 is 0.952 bits per heavy atom. The van der Waals surface area contributed by atoms with Crippen molar-refractivity contribution in [2.75, 3.05) is 39.3 Å². The number of benzene rings is 1. The Morgan fingerprint density at radius 3 is 2.14 bits per heavy atom. The van der Waals surface area contributed by atoms with Crippen LogP contribution in [-0.2, 0) is 0 Å². The molecule has 2 amide bonds. The largest absolute Gasteiger partial charge is 0.465 e. The van der Waals surface area contributed by atoms with Gasteiger partial charge in [-0.3, -0.25) is 9.69 Å². The minimum Gasteiger partial charge on any atom is -0.465 e. The van der Waals surface area contributed by atoms with E-state index in [0.29, 0.717) is 32.2 Å². The quantitative estimate of drug-likeness (QED) is 0.875. The van der Waals surface area contributed by atoms with Crippen molar-refractivity contribution in [1.29, 1.82) is 0 Å². The maximum absolute atomic E-state index is 12.3. The minimum absolute atomic E-state index is 0.0796. The van der Waals surface area contributed by atoms with Crippen LogP contribution >= 0.6 is 0 Å². The van der Waals surface area contributed by atoms with Crippen molar-refractivity contribution in [2.24, 2.45) is 0 Å². The van der Waals surface area contributed by atoms with Crippen molar-refractivity contribution in [3.05, 3.63) is 35.9 Å². The molecule has 0 radical (unpaired) electrons. The smallest absolute Gasteiger partial charge is 0.407 e. The van der Waals surface area contributed by atoms with Crippen LogP contribution in [-0.4, -0.2) is 77.1 Å². The third kappa shape index (κ3) is 2.85. The Labute approximate surface area is 123 Å². The summed E-state index contributed by atoms with van der Waals surface area (Å²) >= 11 is 0. The average Bonchev–Trinajstić information content (AvgIpc) is 2.46. The summed E-state index contributed by atoms with van der Waals surface area (Å²) in [6.07, 6.45) is -0.843. The molecule has 1 aromatic carbocycles. The molecule has 1 aromatic rings. The van der Waals surface area contributed by atoms with Crippen molar-refractivity contribution in [2.45, 2.75) is 6.04 Å². The summed E-state index contributed by atoms with van der Waals surface area (Å²) in [6.45, 7) is 4.21. The van der Waals surface area contributed by atoms with Crippen LogP contribution in [0.3, 0.4) is 0 Å². The Kier molecular flexibility index (Phi) is 3.79. The molecule has 0 atom stereocenters. The summed E-state index contributed by atoms with van der Waals surface area (Å²) in [5.74, 6) is 0.0796. The van der Waals surface area contributed by atoms with Gasteiger partial charge in [-0.25, -0.2) is 4.79 Å². The molecule has 0 unspecified atom stereocenters. The fraction of sp³-hybridized carbons (Fsp3) is 0.467. The van der Waals surface area contributed by atoms with Gasteiger partial charge in [0.05, 0.1) is 0 Å². The predicted octanol–water partition coefficient (Wildman–Crippen LogP) is 0.807. The van der Waals surface area contributed by atoms with Crippen LogP contribution in [0.25, 0.3) is 0 Å². The molecule has 2 heterocycles. The molecule has 3 rings (SSSR count). The van der Waals surface area contributed by atoms with E-state index in [9.17, 15) is 9.59 Å². The zero-order valence-corrected chi connectivity index (χ0v) is 11.8. The van der Waals surface area contributed by atoms with E-state index >= 15 is 0 Å². The Morgan fingerprint density at radius 2 is 1.57 bits per heavy atom. The fourth-order valence-electron chi connectivity index (χ4n) is 2.90. The first-order valence-corrected chi connectivity index (χ1v) is 7.21. The van der Waals surface area contributed by atoms with E-state index in [1.807, 2.05) is 35.2 Å². The second kappa shape index (κ2) is 5.73. The lowest BCUT2D eigenvalue weighted by Gasteiger charge is -2.47. The van der Waals surface area contributed by atoms with E-state index in [0.717, 1.165) is 18.7 Å². The first kappa shape index (κ1) is 13.9. The van der Waals surface area contributed by atoms with Crippen LogP contribution in [0.2, 0.25) is 0 Å². The molecule has 21 heavy (non-hydrogen) atoms. The van der Waals surface area contributed by atoms with Gasteiger partial charge >= 0.3 is 6.09 Å². The zero-order chi connectivity index (χ0) is 14.8. The molecule has 2 saturated heterocycles. The lowest BCUT2D eigenvalue weighted by Crippen LogP contribution is -2.64. The number of carboxylic acid groups (broad SMARTS) is 1. The van der Waals surface area contributed by atoms with Gasteiger partial charge in [0.1, 0.15) is 0 Å². The molecule has 2 aliphatic rings. The molecule has 6 heteroatoms. The molecule has 0 aliphatic carbocycles. The summed E-state index contributed by atoms with van der Waals surface area (Å²) in [5, 5.41) is 8.84. The zero-order valence-electron chi connectivity index (χ0n) is 11.8. The van der Waals surface area contributed by atoms with Crippen LogP contribution in [0, 0.1) is 0 Å². The topological polar surface area (TPSA) is 64.1 Å². The second-order valence-corrected chi connectivity index (χ2v) is 5.54. The second-order valence-electron chi connectivity index (χ2n) is 5.54. The molecular formula is C15H19N3O3. The molecular weight excluding hydrogens is 270 g/mol. The standard InChI is InChI=1S/C15H19N3O3/c19-14(12-4-2-1-3-5-12)17-8-6-16(7-9-17)13-10-18(11-13)15(20)21/h1-5,13H,6-11H2,(H,20,21). The van der Waals surface area contributed by atoms with Crippen molar-refractivity contribution in [3.63, 3.8) is 0 Å². The highest BCUT2D eigenvalue weighted by atomic mass is 16.4.